The maximum absolute atomic E-state index is 12.9. The van der Waals surface area contributed by atoms with Gasteiger partial charge in [-0.1, -0.05) is 6.07 Å². The van der Waals surface area contributed by atoms with Gasteiger partial charge in [0.15, 0.2) is 0 Å². The van der Waals surface area contributed by atoms with Gasteiger partial charge in [-0.3, -0.25) is 4.79 Å². The number of carboxylic acids is 1. The molecule has 1 aromatic carbocycles. The van der Waals surface area contributed by atoms with E-state index in [4.69, 9.17) is 0 Å². The van der Waals surface area contributed by atoms with Gasteiger partial charge in [0.1, 0.15) is 5.65 Å². The summed E-state index contributed by atoms with van der Waals surface area (Å²) in [6, 6.07) is 6.18. The third-order valence-electron chi connectivity index (χ3n) is 6.12. The van der Waals surface area contributed by atoms with Crippen molar-refractivity contribution in [1.29, 1.82) is 0 Å². The number of carbonyl (C=O) groups excluding carboxylic acids is 1. The minimum atomic E-state index is -0.981. The zero-order valence-corrected chi connectivity index (χ0v) is 15.8. The molecule has 1 aliphatic heterocycles. The topological polar surface area (TPSA) is 86.3 Å². The number of nitrogens with one attached hydrogen (secondary N) is 1. The van der Waals surface area contributed by atoms with E-state index in [1.54, 1.807) is 6.20 Å². The van der Waals surface area contributed by atoms with Crippen molar-refractivity contribution in [1.82, 2.24) is 14.9 Å². The number of nitrogens with zero attached hydrogens (tertiary/aromatic N) is 2. The molecule has 0 bridgehead atoms. The van der Waals surface area contributed by atoms with Gasteiger partial charge < -0.3 is 15.0 Å². The van der Waals surface area contributed by atoms with E-state index in [0.29, 0.717) is 23.5 Å². The van der Waals surface area contributed by atoms with Crippen molar-refractivity contribution >= 4 is 22.9 Å². The van der Waals surface area contributed by atoms with Crippen LogP contribution in [0.4, 0.5) is 0 Å². The van der Waals surface area contributed by atoms with Crippen LogP contribution in [-0.4, -0.2) is 37.9 Å². The number of aromatic carboxylic acids is 1. The van der Waals surface area contributed by atoms with Gasteiger partial charge in [-0.2, -0.15) is 0 Å². The Morgan fingerprint density at radius 3 is 2.79 bits per heavy atom. The number of rotatable bonds is 4. The zero-order valence-electron chi connectivity index (χ0n) is 15.8. The lowest BCUT2D eigenvalue weighted by molar-refractivity contribution is 0.0689. The first-order chi connectivity index (χ1) is 13.4. The van der Waals surface area contributed by atoms with Crippen LogP contribution < -0.4 is 0 Å². The van der Waals surface area contributed by atoms with E-state index >= 15 is 0 Å². The Labute approximate surface area is 162 Å². The van der Waals surface area contributed by atoms with Crippen LogP contribution >= 0.6 is 0 Å². The number of aryl methyl sites for hydroxylation is 1. The predicted octanol–water partition coefficient (Wildman–Crippen LogP) is 3.99. The van der Waals surface area contributed by atoms with Crippen LogP contribution in [0.25, 0.3) is 22.2 Å². The highest BCUT2D eigenvalue weighted by Crippen LogP contribution is 2.40. The third kappa shape index (κ3) is 2.52. The number of aromatic amines is 1. The van der Waals surface area contributed by atoms with Crippen LogP contribution in [0.3, 0.4) is 0 Å². The fraction of sp³-hybridized carbons (Fsp3) is 0.318. The summed E-state index contributed by atoms with van der Waals surface area (Å²) in [5.41, 5.74) is 5.38. The van der Waals surface area contributed by atoms with Crippen LogP contribution in [0.15, 0.2) is 30.6 Å². The zero-order chi connectivity index (χ0) is 19.6. The van der Waals surface area contributed by atoms with Gasteiger partial charge in [0.05, 0.1) is 5.56 Å². The lowest BCUT2D eigenvalue weighted by atomic mass is 9.96. The summed E-state index contributed by atoms with van der Waals surface area (Å²) in [6.07, 6.45) is 5.63. The van der Waals surface area contributed by atoms with Gasteiger partial charge in [0.25, 0.3) is 5.91 Å². The van der Waals surface area contributed by atoms with Gasteiger partial charge in [0, 0.05) is 41.5 Å². The van der Waals surface area contributed by atoms with E-state index < -0.39 is 5.97 Å². The number of benzene rings is 1. The summed E-state index contributed by atoms with van der Waals surface area (Å²) < 4.78 is 0. The van der Waals surface area contributed by atoms with E-state index in [9.17, 15) is 14.7 Å². The Bertz CT molecular complexity index is 1140. The molecule has 0 radical (unpaired) electrons. The number of pyridine rings is 1. The Morgan fingerprint density at radius 2 is 2.07 bits per heavy atom. The Balaban J connectivity index is 1.56. The quantitative estimate of drug-likeness (QED) is 0.722. The molecule has 5 rings (SSSR count). The number of hydrogen-bond donors (Lipinski definition) is 2. The van der Waals surface area contributed by atoms with Gasteiger partial charge in [-0.25, -0.2) is 9.78 Å². The molecule has 1 amide bonds. The highest BCUT2D eigenvalue weighted by molar-refractivity contribution is 6.03. The number of fused-ring (bicyclic) bond motifs is 2. The number of carboxylic acid groups (broad SMARTS) is 1. The first-order valence-corrected chi connectivity index (χ1v) is 9.59. The van der Waals surface area contributed by atoms with Gasteiger partial charge in [-0.15, -0.1) is 0 Å². The molecule has 28 heavy (non-hydrogen) atoms. The minimum Gasteiger partial charge on any atom is -0.478 e. The second-order valence-electron chi connectivity index (χ2n) is 7.97. The molecule has 1 saturated carbocycles. The summed E-state index contributed by atoms with van der Waals surface area (Å²) in [4.78, 5) is 33.7. The van der Waals surface area contributed by atoms with E-state index in [1.165, 1.54) is 19.0 Å². The molecule has 3 aromatic rings. The average molecular weight is 375 g/mol. The second-order valence-corrected chi connectivity index (χ2v) is 7.97. The normalized spacial score (nSPS) is 17.2. The minimum absolute atomic E-state index is 0.130. The van der Waals surface area contributed by atoms with Crippen molar-refractivity contribution in [2.45, 2.75) is 39.3 Å². The van der Waals surface area contributed by atoms with Crippen LogP contribution in [-0.2, 0) is 6.54 Å². The van der Waals surface area contributed by atoms with E-state index in [-0.39, 0.29) is 17.5 Å². The molecule has 6 nitrogen and oxygen atoms in total. The van der Waals surface area contributed by atoms with Gasteiger partial charge in [0.2, 0.25) is 0 Å². The van der Waals surface area contributed by atoms with Crippen molar-refractivity contribution < 1.29 is 14.7 Å². The number of carbonyl (C=O) groups is 2. The van der Waals surface area contributed by atoms with Crippen molar-refractivity contribution in [2.24, 2.45) is 5.92 Å². The standard InChI is InChI=1S/C22H21N3O3/c1-11-5-14(15-7-17-18(22(27)28)9-24-20(17)23-8-15)6-16-10-25(21(26)19(11)16)12(2)13-3-4-13/h5-9,12-13H,3-4,10H2,1-2H3,(H,23,24)(H,27,28)/t12-/m0/s1. The largest absolute Gasteiger partial charge is 0.478 e. The molecule has 2 aliphatic rings. The molecule has 1 fully saturated rings. The fourth-order valence-electron chi connectivity index (χ4n) is 4.36. The summed E-state index contributed by atoms with van der Waals surface area (Å²) in [5, 5.41) is 9.96. The van der Waals surface area contributed by atoms with Crippen molar-refractivity contribution in [2.75, 3.05) is 0 Å². The molecule has 2 N–H and O–H groups in total. The van der Waals surface area contributed by atoms with Gasteiger partial charge in [-0.05, 0) is 61.4 Å². The van der Waals surface area contributed by atoms with E-state index in [2.05, 4.69) is 23.0 Å². The summed E-state index contributed by atoms with van der Waals surface area (Å²) in [5.74, 6) is -0.218. The number of hydrogen-bond acceptors (Lipinski definition) is 3. The summed E-state index contributed by atoms with van der Waals surface area (Å²) >= 11 is 0. The van der Waals surface area contributed by atoms with Crippen LogP contribution in [0.5, 0.6) is 0 Å². The summed E-state index contributed by atoms with van der Waals surface area (Å²) in [6.45, 7) is 4.76. The third-order valence-corrected chi connectivity index (χ3v) is 6.12. The van der Waals surface area contributed by atoms with Crippen LogP contribution in [0.2, 0.25) is 0 Å². The molecular weight excluding hydrogens is 354 g/mol. The molecule has 0 saturated heterocycles. The maximum Gasteiger partial charge on any atom is 0.337 e. The molecular formula is C22H21N3O3. The molecule has 1 atom stereocenters. The molecule has 0 unspecified atom stereocenters. The molecule has 142 valence electrons. The molecule has 1 aliphatic carbocycles. The lowest BCUT2D eigenvalue weighted by Gasteiger charge is -2.24. The van der Waals surface area contributed by atoms with Crippen molar-refractivity contribution in [3.8, 4) is 11.1 Å². The lowest BCUT2D eigenvalue weighted by Crippen LogP contribution is -2.34. The average Bonchev–Trinajstić information content (AvgIpc) is 3.34. The van der Waals surface area contributed by atoms with E-state index in [1.807, 2.05) is 24.0 Å². The number of aromatic nitrogens is 2. The SMILES string of the molecule is Cc1cc(-c2cnc3[nH]cc(C(=O)O)c3c2)cc2c1C(=O)N([C@@H](C)C1CC1)C2. The maximum atomic E-state index is 12.9. The Kier molecular flexibility index (Phi) is 3.59. The van der Waals surface area contributed by atoms with E-state index in [0.717, 1.165) is 27.8 Å². The molecule has 3 heterocycles. The van der Waals surface area contributed by atoms with Crippen LogP contribution in [0.1, 0.15) is 51.6 Å². The molecule has 0 spiro atoms. The first kappa shape index (κ1) is 17.0. The van der Waals surface area contributed by atoms with Crippen LogP contribution in [0, 0.1) is 12.8 Å². The highest BCUT2D eigenvalue weighted by atomic mass is 16.4. The smallest absolute Gasteiger partial charge is 0.337 e. The molecule has 6 heteroatoms. The number of amides is 1. The summed E-state index contributed by atoms with van der Waals surface area (Å²) in [7, 11) is 0. The van der Waals surface area contributed by atoms with Crippen molar-refractivity contribution in [3.63, 3.8) is 0 Å². The fourth-order valence-corrected chi connectivity index (χ4v) is 4.36. The van der Waals surface area contributed by atoms with Crippen molar-refractivity contribution in [3.05, 3.63) is 52.8 Å². The number of H-pyrrole nitrogens is 1. The Hall–Kier alpha value is -3.15. The highest BCUT2D eigenvalue weighted by Gasteiger charge is 2.39. The first-order valence-electron chi connectivity index (χ1n) is 9.59. The second kappa shape index (κ2) is 5.92. The predicted molar refractivity (Wildman–Crippen MR) is 105 cm³/mol. The Morgan fingerprint density at radius 1 is 1.29 bits per heavy atom. The molecule has 2 aromatic heterocycles. The van der Waals surface area contributed by atoms with Gasteiger partial charge >= 0.3 is 5.97 Å². The monoisotopic (exact) mass is 375 g/mol.